The summed E-state index contributed by atoms with van der Waals surface area (Å²) >= 11 is 0. The Hall–Kier alpha value is -3.55. The average molecular weight is 437 g/mol. The minimum atomic E-state index is -1.09. The van der Waals surface area contributed by atoms with Crippen LogP contribution in [-0.2, 0) is 14.3 Å². The Balaban J connectivity index is 1.99. The molecule has 1 aliphatic heterocycles. The second kappa shape index (κ2) is 8.90. The molecule has 2 atom stereocenters. The number of aromatic nitrogens is 2. The highest BCUT2D eigenvalue weighted by molar-refractivity contribution is 6.08. The Morgan fingerprint density at radius 3 is 2.69 bits per heavy atom. The topological polar surface area (TPSA) is 93.9 Å². The highest BCUT2D eigenvalue weighted by Crippen LogP contribution is 2.43. The number of amides is 1. The van der Waals surface area contributed by atoms with Gasteiger partial charge in [0.15, 0.2) is 17.4 Å². The number of esters is 1. The highest BCUT2D eigenvalue weighted by Gasteiger charge is 2.47. The Kier molecular flexibility index (Phi) is 6.03. The largest absolute Gasteiger partial charge is 0.504 e. The van der Waals surface area contributed by atoms with Crippen molar-refractivity contribution in [1.29, 1.82) is 0 Å². The highest BCUT2D eigenvalue weighted by atomic mass is 16.5. The van der Waals surface area contributed by atoms with E-state index < -0.39 is 17.9 Å². The lowest BCUT2D eigenvalue weighted by Crippen LogP contribution is -2.50. The number of rotatable bonds is 7. The van der Waals surface area contributed by atoms with E-state index in [2.05, 4.69) is 0 Å². The Morgan fingerprint density at radius 2 is 1.97 bits per heavy atom. The van der Waals surface area contributed by atoms with Crippen LogP contribution >= 0.6 is 0 Å². The quantitative estimate of drug-likeness (QED) is 0.448. The van der Waals surface area contributed by atoms with E-state index >= 15 is 0 Å². The van der Waals surface area contributed by atoms with Crippen LogP contribution in [0.15, 0.2) is 42.5 Å². The van der Waals surface area contributed by atoms with Gasteiger partial charge >= 0.3 is 5.97 Å². The van der Waals surface area contributed by atoms with E-state index in [1.807, 2.05) is 35.8 Å². The zero-order chi connectivity index (χ0) is 22.8. The smallest absolute Gasteiger partial charge is 0.321 e. The number of benzene rings is 2. The Bertz CT molecular complexity index is 1160. The van der Waals surface area contributed by atoms with Crippen molar-refractivity contribution in [3.8, 4) is 11.5 Å². The molecular formula is C24H27N3O5. The van der Waals surface area contributed by atoms with Crippen LogP contribution in [0, 0.1) is 5.92 Å². The molecule has 3 aromatic rings. The molecule has 0 saturated heterocycles. The minimum absolute atomic E-state index is 0.0219. The monoisotopic (exact) mass is 437 g/mol. The molecule has 0 bridgehead atoms. The number of methoxy groups -OCH3 is 1. The van der Waals surface area contributed by atoms with Crippen LogP contribution in [0.5, 0.6) is 11.5 Å². The molecule has 1 amide bonds. The van der Waals surface area contributed by atoms with E-state index in [1.54, 1.807) is 24.0 Å². The summed E-state index contributed by atoms with van der Waals surface area (Å²) in [4.78, 5) is 33.1. The fraction of sp³-hybridized carbons (Fsp3) is 0.375. The first kappa shape index (κ1) is 21.7. The molecule has 0 fully saturated rings. The number of fused-ring (bicyclic) bond motifs is 3. The lowest BCUT2D eigenvalue weighted by atomic mass is 9.89. The molecule has 0 spiro atoms. The molecule has 1 N–H and O–H groups in total. The van der Waals surface area contributed by atoms with E-state index in [9.17, 15) is 14.7 Å². The normalized spacial score (nSPS) is 18.0. The number of imidazole rings is 1. The number of anilines is 1. The molecule has 8 nitrogen and oxygen atoms in total. The van der Waals surface area contributed by atoms with Gasteiger partial charge in [0.25, 0.3) is 0 Å². The van der Waals surface area contributed by atoms with E-state index in [1.165, 1.54) is 13.2 Å². The van der Waals surface area contributed by atoms with Crippen LogP contribution in [0.1, 0.15) is 38.3 Å². The summed E-state index contributed by atoms with van der Waals surface area (Å²) in [6.45, 7) is 4.39. The summed E-state index contributed by atoms with van der Waals surface area (Å²) in [5, 5.41) is 10.1. The van der Waals surface area contributed by atoms with Gasteiger partial charge < -0.3 is 19.1 Å². The molecule has 0 aliphatic carbocycles. The number of phenols is 1. The molecular weight excluding hydrogens is 410 g/mol. The zero-order valence-corrected chi connectivity index (χ0v) is 18.4. The van der Waals surface area contributed by atoms with Crippen molar-refractivity contribution in [3.05, 3.63) is 48.0 Å². The molecule has 32 heavy (non-hydrogen) atoms. The minimum Gasteiger partial charge on any atom is -0.504 e. The standard InChI is InChI=1S/C24H27N3O5/c1-4-6-13-26-22(29)20(23(30)32-5-2)21(15-11-12-18(28)19(14-15)31-3)27-17-10-8-7-9-16(17)25-24(26)27/h7-12,14,20-21,28H,4-6,13H2,1-3H3/t20-,21+/m0/s1. The van der Waals surface area contributed by atoms with Gasteiger partial charge in [-0.15, -0.1) is 0 Å². The third-order valence-corrected chi connectivity index (χ3v) is 5.77. The Morgan fingerprint density at radius 1 is 1.19 bits per heavy atom. The molecule has 168 valence electrons. The summed E-state index contributed by atoms with van der Waals surface area (Å²) in [5.74, 6) is -1.27. The number of hydrogen-bond acceptors (Lipinski definition) is 6. The number of nitrogens with zero attached hydrogens (tertiary/aromatic N) is 3. The van der Waals surface area contributed by atoms with Crippen LogP contribution in [0.4, 0.5) is 5.95 Å². The molecule has 0 unspecified atom stereocenters. The van der Waals surface area contributed by atoms with Gasteiger partial charge in [-0.1, -0.05) is 31.5 Å². The molecule has 0 saturated carbocycles. The first-order chi connectivity index (χ1) is 15.5. The lowest BCUT2D eigenvalue weighted by molar-refractivity contribution is -0.153. The number of aromatic hydroxyl groups is 1. The maximum atomic E-state index is 13.7. The van der Waals surface area contributed by atoms with Crippen molar-refractivity contribution in [2.24, 2.45) is 5.92 Å². The van der Waals surface area contributed by atoms with Crippen LogP contribution < -0.4 is 9.64 Å². The van der Waals surface area contributed by atoms with E-state index in [0.29, 0.717) is 18.1 Å². The predicted molar refractivity (Wildman–Crippen MR) is 120 cm³/mol. The SMILES string of the molecule is CCCCN1C(=O)[C@@H](C(=O)OCC)[C@@H](c2ccc(O)c(OC)c2)n2c1nc1ccccc12. The molecule has 2 aromatic carbocycles. The molecule has 8 heteroatoms. The molecule has 1 aliphatic rings. The number of phenolic OH excluding ortho intramolecular Hbond substituents is 1. The molecule has 4 rings (SSSR count). The zero-order valence-electron chi connectivity index (χ0n) is 18.4. The summed E-state index contributed by atoms with van der Waals surface area (Å²) in [7, 11) is 1.46. The van der Waals surface area contributed by atoms with Crippen molar-refractivity contribution < 1.29 is 24.2 Å². The van der Waals surface area contributed by atoms with Crippen molar-refractivity contribution in [3.63, 3.8) is 0 Å². The van der Waals surface area contributed by atoms with Crippen LogP contribution in [0.3, 0.4) is 0 Å². The number of carbonyl (C=O) groups is 2. The van der Waals surface area contributed by atoms with E-state index in [0.717, 1.165) is 23.9 Å². The summed E-state index contributed by atoms with van der Waals surface area (Å²) in [5.41, 5.74) is 2.19. The predicted octanol–water partition coefficient (Wildman–Crippen LogP) is 3.67. The molecule has 2 heterocycles. The van der Waals surface area contributed by atoms with Gasteiger partial charge in [-0.3, -0.25) is 14.5 Å². The van der Waals surface area contributed by atoms with Crippen LogP contribution in [-0.4, -0.2) is 46.8 Å². The number of carbonyl (C=O) groups excluding carboxylic acids is 2. The van der Waals surface area contributed by atoms with E-state index in [4.69, 9.17) is 14.5 Å². The van der Waals surface area contributed by atoms with Crippen molar-refractivity contribution in [2.75, 3.05) is 25.2 Å². The fourth-order valence-corrected chi connectivity index (χ4v) is 4.25. The van der Waals surface area contributed by atoms with Gasteiger partial charge in [0.2, 0.25) is 11.9 Å². The van der Waals surface area contributed by atoms with Crippen molar-refractivity contribution in [2.45, 2.75) is 32.7 Å². The average Bonchev–Trinajstić information content (AvgIpc) is 3.17. The number of para-hydroxylation sites is 2. The maximum Gasteiger partial charge on any atom is 0.321 e. The Labute approximate surface area is 186 Å². The van der Waals surface area contributed by atoms with E-state index in [-0.39, 0.29) is 24.0 Å². The molecule has 0 radical (unpaired) electrons. The first-order valence-corrected chi connectivity index (χ1v) is 10.8. The summed E-state index contributed by atoms with van der Waals surface area (Å²) in [6, 6.07) is 11.8. The van der Waals surface area contributed by atoms with Crippen LogP contribution in [0.2, 0.25) is 0 Å². The van der Waals surface area contributed by atoms with Gasteiger partial charge in [-0.2, -0.15) is 0 Å². The third kappa shape index (κ3) is 3.55. The van der Waals surface area contributed by atoms with Gasteiger partial charge in [0.05, 0.1) is 30.8 Å². The van der Waals surface area contributed by atoms with Gasteiger partial charge in [-0.25, -0.2) is 4.98 Å². The maximum absolute atomic E-state index is 13.7. The number of unbranched alkanes of at least 4 members (excludes halogenated alkanes) is 1. The second-order valence-corrected chi connectivity index (χ2v) is 7.72. The van der Waals surface area contributed by atoms with Crippen molar-refractivity contribution in [1.82, 2.24) is 9.55 Å². The summed E-state index contributed by atoms with van der Waals surface area (Å²) < 4.78 is 12.6. The fourth-order valence-electron chi connectivity index (χ4n) is 4.25. The van der Waals surface area contributed by atoms with Gasteiger partial charge in [0.1, 0.15) is 0 Å². The van der Waals surface area contributed by atoms with Crippen molar-refractivity contribution >= 4 is 28.9 Å². The molecule has 1 aromatic heterocycles. The summed E-state index contributed by atoms with van der Waals surface area (Å²) in [6.07, 6.45) is 1.68. The first-order valence-electron chi connectivity index (χ1n) is 10.8. The van der Waals surface area contributed by atoms with Gasteiger partial charge in [0, 0.05) is 6.54 Å². The third-order valence-electron chi connectivity index (χ3n) is 5.77. The number of hydrogen-bond donors (Lipinski definition) is 1. The van der Waals surface area contributed by atoms with Crippen LogP contribution in [0.25, 0.3) is 11.0 Å². The van der Waals surface area contributed by atoms with Gasteiger partial charge in [-0.05, 0) is 43.2 Å². The number of ether oxygens (including phenoxy) is 2. The lowest BCUT2D eigenvalue weighted by Gasteiger charge is -2.38. The second-order valence-electron chi connectivity index (χ2n) is 7.72.